The molecular weight excluding hydrogens is 387 g/mol. The van der Waals surface area contributed by atoms with Gasteiger partial charge in [0.15, 0.2) is 0 Å². The van der Waals surface area contributed by atoms with Crippen molar-refractivity contribution in [2.75, 3.05) is 0 Å². The Bertz CT molecular complexity index is 374. The first-order valence-electron chi connectivity index (χ1n) is 9.28. The van der Waals surface area contributed by atoms with Gasteiger partial charge in [-0.05, 0) is 0 Å². The molecule has 0 radical (unpaired) electrons. The quantitative estimate of drug-likeness (QED) is 0.485. The van der Waals surface area contributed by atoms with Crippen molar-refractivity contribution in [3.05, 3.63) is 0 Å². The summed E-state index contributed by atoms with van der Waals surface area (Å²) in [5.41, 5.74) is 0.504. The topological polar surface area (TPSA) is 6.48 Å². The molecule has 0 fully saturated rings. The van der Waals surface area contributed by atoms with Gasteiger partial charge in [-0.2, -0.15) is 0 Å². The Kier molecular flexibility index (Phi) is 7.01. The van der Waals surface area contributed by atoms with E-state index in [1.807, 2.05) is 0 Å². The molecule has 0 aromatic heterocycles. The fourth-order valence-electron chi connectivity index (χ4n) is 5.05. The fourth-order valence-corrected chi connectivity index (χ4v) is 23.7. The first-order valence-corrected chi connectivity index (χ1v) is 16.1. The van der Waals surface area contributed by atoms with Gasteiger partial charge in [-0.1, -0.05) is 0 Å². The molecule has 0 N–H and O–H groups in total. The van der Waals surface area contributed by atoms with Crippen molar-refractivity contribution in [2.45, 2.75) is 128 Å². The van der Waals surface area contributed by atoms with Crippen LogP contribution in [-0.2, 0) is 0 Å². The third-order valence-electron chi connectivity index (χ3n) is 4.91. The molecule has 0 aliphatic heterocycles. The molecule has 23 heavy (non-hydrogen) atoms. The molecule has 0 spiro atoms. The third-order valence-corrected chi connectivity index (χ3v) is 25.4. The minimum absolute atomic E-state index is 0.161. The molecule has 0 rings (SSSR count). The molecule has 0 saturated heterocycles. The van der Waals surface area contributed by atoms with Crippen molar-refractivity contribution in [3.63, 3.8) is 0 Å². The Balaban J connectivity index is 6.75. The standard InChI is InChI=1S/C8H18N.C7H16N.C4H9.CH3.Sn/c1-7(2,3)9-8(4,5)6;1-6(2)8-7(3,4)5;1-4(2)3;;/h1-6H3;6H,1-5H3;1-3H3;1H3;/q2*-1;;;+2. The van der Waals surface area contributed by atoms with E-state index < -0.39 is 18.9 Å². The van der Waals surface area contributed by atoms with Crippen LogP contribution in [0.2, 0.25) is 8.37 Å². The van der Waals surface area contributed by atoms with Crippen molar-refractivity contribution in [3.8, 4) is 0 Å². The second kappa shape index (κ2) is 6.79. The van der Waals surface area contributed by atoms with Gasteiger partial charge in [-0.15, -0.1) is 0 Å². The van der Waals surface area contributed by atoms with Gasteiger partial charge in [0.05, 0.1) is 0 Å². The van der Waals surface area contributed by atoms with Crippen LogP contribution in [0.15, 0.2) is 0 Å². The van der Waals surface area contributed by atoms with Crippen molar-refractivity contribution in [1.82, 2.24) is 6.24 Å². The molecule has 0 amide bonds. The summed E-state index contributed by atoms with van der Waals surface area (Å²) < 4.78 is 6.19. The molecule has 1 atom stereocenters. The van der Waals surface area contributed by atoms with E-state index in [-0.39, 0.29) is 16.6 Å². The van der Waals surface area contributed by atoms with E-state index in [9.17, 15) is 0 Å². The van der Waals surface area contributed by atoms with Gasteiger partial charge in [0.1, 0.15) is 0 Å². The van der Waals surface area contributed by atoms with Gasteiger partial charge in [0.25, 0.3) is 0 Å². The Morgan fingerprint density at radius 1 is 0.609 bits per heavy atom. The van der Waals surface area contributed by atoms with Crippen LogP contribution in [0, 0.1) is 0 Å². The monoisotopic (exact) mass is 434 g/mol. The van der Waals surface area contributed by atoms with Crippen LogP contribution in [0.4, 0.5) is 0 Å². The van der Waals surface area contributed by atoms with E-state index in [4.69, 9.17) is 0 Å². The zero-order valence-electron chi connectivity index (χ0n) is 19.0. The van der Waals surface area contributed by atoms with Gasteiger partial charge < -0.3 is 0 Å². The van der Waals surface area contributed by atoms with Gasteiger partial charge >= 0.3 is 153 Å². The average Bonchev–Trinajstić information content (AvgIpc) is 2.05. The zero-order chi connectivity index (χ0) is 19.2. The number of rotatable bonds is 3. The molecule has 2 nitrogen and oxygen atoms in total. The molecule has 1 unspecified atom stereocenters. The first kappa shape index (κ1) is 23.7. The summed E-state index contributed by atoms with van der Waals surface area (Å²) in [6.07, 6.45) is 0. The predicted octanol–water partition coefficient (Wildman–Crippen LogP) is 6.27. The van der Waals surface area contributed by atoms with Crippen LogP contribution in [0.5, 0.6) is 0 Å². The summed E-state index contributed by atoms with van der Waals surface area (Å²) in [7, 11) is 0. The Labute approximate surface area is 153 Å². The second-order valence-corrected chi connectivity index (χ2v) is 24.3. The van der Waals surface area contributed by atoms with E-state index in [0.717, 1.165) is 0 Å². The van der Waals surface area contributed by atoms with Crippen LogP contribution in [0.1, 0.15) is 96.9 Å². The van der Waals surface area contributed by atoms with Gasteiger partial charge in [-0.3, -0.25) is 0 Å². The summed E-state index contributed by atoms with van der Waals surface area (Å²) in [6, 6.07) is 0.558. The molecule has 0 saturated carbocycles. The fraction of sp³-hybridized carbons (Fsp3) is 1.00. The zero-order valence-corrected chi connectivity index (χ0v) is 21.8. The first-order chi connectivity index (χ1) is 9.68. The maximum atomic E-state index is 2.94. The third kappa shape index (κ3) is 5.10. The maximum absolute atomic E-state index is 3.00. The molecule has 0 aliphatic carbocycles. The van der Waals surface area contributed by atoms with Gasteiger partial charge in [0.2, 0.25) is 0 Å². The van der Waals surface area contributed by atoms with E-state index in [0.29, 0.717) is 9.47 Å². The van der Waals surface area contributed by atoms with Crippen molar-refractivity contribution in [1.29, 1.82) is 0 Å². The average molecular weight is 433 g/mol. The van der Waals surface area contributed by atoms with E-state index in [1.54, 1.807) is 0 Å². The van der Waals surface area contributed by atoms with Crippen molar-refractivity contribution >= 4 is 18.9 Å². The summed E-state index contributed by atoms with van der Waals surface area (Å²) in [5.74, 6) is 0. The molecule has 3 heteroatoms. The van der Waals surface area contributed by atoms with Crippen LogP contribution >= 0.6 is 0 Å². The number of hydrogen-bond donors (Lipinski definition) is 0. The number of hydrogen-bond acceptors (Lipinski definition) is 2. The van der Waals surface area contributed by atoms with Gasteiger partial charge in [-0.25, -0.2) is 0 Å². The summed E-state index contributed by atoms with van der Waals surface area (Å²) >= 11 is -3.00. The second-order valence-electron chi connectivity index (χ2n) is 11.6. The molecule has 0 aromatic rings. The Morgan fingerprint density at radius 2 is 0.913 bits per heavy atom. The summed E-state index contributed by atoms with van der Waals surface area (Å²) in [4.78, 5) is 2.66. The van der Waals surface area contributed by atoms with Crippen LogP contribution in [-0.4, -0.2) is 47.8 Å². The Hall–Kier alpha value is 0.719. The number of nitrogens with zero attached hydrogens (tertiary/aromatic N) is 2. The molecule has 0 heterocycles. The summed E-state index contributed by atoms with van der Waals surface area (Å²) in [5, 5.41) is 0. The minimum atomic E-state index is -3.00. The molecule has 140 valence electrons. The van der Waals surface area contributed by atoms with Crippen LogP contribution in [0.25, 0.3) is 0 Å². The van der Waals surface area contributed by atoms with E-state index >= 15 is 0 Å². The molecule has 0 aliphatic rings. The molecular formula is C20H46N2Sn. The van der Waals surface area contributed by atoms with Crippen molar-refractivity contribution in [2.24, 2.45) is 0 Å². The predicted molar refractivity (Wildman–Crippen MR) is 109 cm³/mol. The van der Waals surface area contributed by atoms with E-state index in [2.05, 4.69) is 108 Å². The SMILES string of the molecule is CC(C)[N](C(C)(C)C)[Sn]([CH3])([N](C(C)(C)C)C(C)(C)C)[C](C)(C)C. The van der Waals surface area contributed by atoms with Crippen molar-refractivity contribution < 1.29 is 0 Å². The normalized spacial score (nSPS) is 18.0. The Morgan fingerprint density at radius 3 is 1.04 bits per heavy atom. The van der Waals surface area contributed by atoms with E-state index in [1.165, 1.54) is 0 Å². The van der Waals surface area contributed by atoms with Crippen LogP contribution < -0.4 is 0 Å². The molecule has 0 aromatic carbocycles. The van der Waals surface area contributed by atoms with Gasteiger partial charge in [0, 0.05) is 0 Å². The molecule has 0 bridgehead atoms. The summed E-state index contributed by atoms with van der Waals surface area (Å²) in [6.45, 7) is 33.8. The van der Waals surface area contributed by atoms with Crippen LogP contribution in [0.3, 0.4) is 0 Å².